The molecule has 23 heavy (non-hydrogen) atoms. The molecule has 2 aromatic rings. The molecule has 1 saturated heterocycles. The third kappa shape index (κ3) is 3.30. The standard InChI is InChI=1S/C16H21N3O3S/c1-10(2)14-17-18-15(22-14)12-9-21-7-6-19(12)16(20)11(3)13-5-4-8-23-13/h4-5,8,10-12H,6-7,9H2,1-3H3/t11-,12+/m0/s1. The van der Waals surface area contributed by atoms with E-state index in [0.29, 0.717) is 31.5 Å². The molecular formula is C16H21N3O3S. The number of ether oxygens (including phenoxy) is 1. The number of carbonyl (C=O) groups is 1. The minimum Gasteiger partial charge on any atom is -0.423 e. The Morgan fingerprint density at radius 1 is 1.39 bits per heavy atom. The molecular weight excluding hydrogens is 314 g/mol. The first-order chi connectivity index (χ1) is 11.1. The highest BCUT2D eigenvalue weighted by Crippen LogP contribution is 2.30. The first kappa shape index (κ1) is 16.1. The maximum absolute atomic E-state index is 12.9. The summed E-state index contributed by atoms with van der Waals surface area (Å²) in [7, 11) is 0. The lowest BCUT2D eigenvalue weighted by Crippen LogP contribution is -2.45. The van der Waals surface area contributed by atoms with Gasteiger partial charge in [0.1, 0.15) is 6.04 Å². The fourth-order valence-corrected chi connectivity index (χ4v) is 3.37. The van der Waals surface area contributed by atoms with Crippen LogP contribution in [0.3, 0.4) is 0 Å². The third-order valence-corrected chi connectivity index (χ3v) is 5.04. The molecule has 0 aliphatic carbocycles. The fourth-order valence-electron chi connectivity index (χ4n) is 2.59. The zero-order valence-electron chi connectivity index (χ0n) is 13.6. The molecule has 1 fully saturated rings. The second-order valence-corrected chi connectivity index (χ2v) is 6.97. The van der Waals surface area contributed by atoms with E-state index in [-0.39, 0.29) is 23.8 Å². The lowest BCUT2D eigenvalue weighted by atomic mass is 10.1. The number of amides is 1. The van der Waals surface area contributed by atoms with Gasteiger partial charge in [0.25, 0.3) is 0 Å². The Morgan fingerprint density at radius 3 is 2.87 bits per heavy atom. The summed E-state index contributed by atoms with van der Waals surface area (Å²) in [6.07, 6.45) is 0. The van der Waals surface area contributed by atoms with E-state index in [4.69, 9.17) is 9.15 Å². The van der Waals surface area contributed by atoms with Crippen LogP contribution in [0.4, 0.5) is 0 Å². The maximum atomic E-state index is 12.9. The maximum Gasteiger partial charge on any atom is 0.241 e. The summed E-state index contributed by atoms with van der Waals surface area (Å²) < 4.78 is 11.3. The topological polar surface area (TPSA) is 68.5 Å². The molecule has 0 radical (unpaired) electrons. The molecule has 0 aromatic carbocycles. The van der Waals surface area contributed by atoms with Gasteiger partial charge in [0.05, 0.1) is 19.1 Å². The van der Waals surface area contributed by atoms with Crippen molar-refractivity contribution in [3.63, 3.8) is 0 Å². The number of rotatable bonds is 4. The molecule has 1 amide bonds. The Hall–Kier alpha value is -1.73. The molecule has 3 heterocycles. The summed E-state index contributed by atoms with van der Waals surface area (Å²) in [6, 6.07) is 3.65. The average molecular weight is 335 g/mol. The van der Waals surface area contributed by atoms with Gasteiger partial charge in [-0.25, -0.2) is 0 Å². The van der Waals surface area contributed by atoms with E-state index in [1.165, 1.54) is 0 Å². The van der Waals surface area contributed by atoms with Gasteiger partial charge >= 0.3 is 0 Å². The van der Waals surface area contributed by atoms with E-state index >= 15 is 0 Å². The van der Waals surface area contributed by atoms with E-state index < -0.39 is 0 Å². The number of carbonyl (C=O) groups excluding carboxylic acids is 1. The highest BCUT2D eigenvalue weighted by Gasteiger charge is 2.35. The molecule has 0 saturated carbocycles. The molecule has 124 valence electrons. The lowest BCUT2D eigenvalue weighted by molar-refractivity contribution is -0.142. The van der Waals surface area contributed by atoms with Crippen LogP contribution in [-0.4, -0.2) is 40.8 Å². The Bertz CT molecular complexity index is 653. The number of hydrogen-bond acceptors (Lipinski definition) is 6. The van der Waals surface area contributed by atoms with Crippen molar-refractivity contribution < 1.29 is 13.9 Å². The van der Waals surface area contributed by atoms with Crippen LogP contribution in [0.1, 0.15) is 55.3 Å². The van der Waals surface area contributed by atoms with Crippen LogP contribution in [-0.2, 0) is 9.53 Å². The Morgan fingerprint density at radius 2 is 2.22 bits per heavy atom. The smallest absolute Gasteiger partial charge is 0.241 e. The van der Waals surface area contributed by atoms with E-state index in [9.17, 15) is 4.79 Å². The molecule has 3 rings (SSSR count). The summed E-state index contributed by atoms with van der Waals surface area (Å²) in [5, 5.41) is 10.2. The minimum atomic E-state index is -0.307. The summed E-state index contributed by atoms with van der Waals surface area (Å²) >= 11 is 1.60. The van der Waals surface area contributed by atoms with Gasteiger partial charge in [-0.05, 0) is 18.4 Å². The van der Waals surface area contributed by atoms with Crippen LogP contribution >= 0.6 is 11.3 Å². The molecule has 2 atom stereocenters. The van der Waals surface area contributed by atoms with Gasteiger partial charge in [-0.1, -0.05) is 19.9 Å². The van der Waals surface area contributed by atoms with E-state index in [0.717, 1.165) is 4.88 Å². The van der Waals surface area contributed by atoms with Gasteiger partial charge in [-0.15, -0.1) is 21.5 Å². The highest BCUT2D eigenvalue weighted by atomic mass is 32.1. The Kier molecular flexibility index (Phi) is 4.77. The van der Waals surface area contributed by atoms with Gasteiger partial charge < -0.3 is 14.1 Å². The van der Waals surface area contributed by atoms with Gasteiger partial charge in [0.2, 0.25) is 17.7 Å². The third-order valence-electron chi connectivity index (χ3n) is 3.99. The number of thiophene rings is 1. The van der Waals surface area contributed by atoms with Crippen molar-refractivity contribution in [2.45, 2.75) is 38.6 Å². The van der Waals surface area contributed by atoms with Crippen molar-refractivity contribution >= 4 is 17.2 Å². The van der Waals surface area contributed by atoms with Crippen molar-refractivity contribution in [1.82, 2.24) is 15.1 Å². The van der Waals surface area contributed by atoms with E-state index in [1.807, 2.05) is 43.2 Å². The van der Waals surface area contributed by atoms with E-state index in [2.05, 4.69) is 10.2 Å². The predicted molar refractivity (Wildman–Crippen MR) is 86.4 cm³/mol. The number of aromatic nitrogens is 2. The minimum absolute atomic E-state index is 0.0741. The normalized spacial score (nSPS) is 20.0. The monoisotopic (exact) mass is 335 g/mol. The molecule has 0 spiro atoms. The van der Waals surface area contributed by atoms with Gasteiger partial charge in [0, 0.05) is 17.3 Å². The van der Waals surface area contributed by atoms with Crippen molar-refractivity contribution in [1.29, 1.82) is 0 Å². The van der Waals surface area contributed by atoms with Crippen molar-refractivity contribution in [2.24, 2.45) is 0 Å². The Labute approximate surface area is 139 Å². The molecule has 1 aliphatic heterocycles. The Balaban J connectivity index is 1.81. The van der Waals surface area contributed by atoms with Gasteiger partial charge in [0.15, 0.2) is 0 Å². The number of nitrogens with zero attached hydrogens (tertiary/aromatic N) is 3. The van der Waals surface area contributed by atoms with Crippen LogP contribution in [0.2, 0.25) is 0 Å². The fraction of sp³-hybridized carbons (Fsp3) is 0.562. The molecule has 1 aliphatic rings. The summed E-state index contributed by atoms with van der Waals surface area (Å²) in [5.74, 6) is 1.10. The zero-order valence-corrected chi connectivity index (χ0v) is 14.4. The van der Waals surface area contributed by atoms with Gasteiger partial charge in [-0.3, -0.25) is 4.79 Å². The van der Waals surface area contributed by atoms with Crippen molar-refractivity contribution in [3.05, 3.63) is 34.2 Å². The van der Waals surface area contributed by atoms with Crippen LogP contribution in [0.15, 0.2) is 21.9 Å². The average Bonchev–Trinajstić information content (AvgIpc) is 3.24. The first-order valence-electron chi connectivity index (χ1n) is 7.83. The zero-order chi connectivity index (χ0) is 16.4. The van der Waals surface area contributed by atoms with Gasteiger partial charge in [-0.2, -0.15) is 0 Å². The summed E-state index contributed by atoms with van der Waals surface area (Å²) in [6.45, 7) is 7.40. The predicted octanol–water partition coefficient (Wildman–Crippen LogP) is 2.96. The second kappa shape index (κ2) is 6.80. The molecule has 0 unspecified atom stereocenters. The highest BCUT2D eigenvalue weighted by molar-refractivity contribution is 7.10. The number of morpholine rings is 1. The van der Waals surface area contributed by atoms with Crippen molar-refractivity contribution in [2.75, 3.05) is 19.8 Å². The molecule has 2 aromatic heterocycles. The van der Waals surface area contributed by atoms with Crippen LogP contribution < -0.4 is 0 Å². The number of hydrogen-bond donors (Lipinski definition) is 0. The molecule has 6 nitrogen and oxygen atoms in total. The summed E-state index contributed by atoms with van der Waals surface area (Å²) in [5.41, 5.74) is 0. The lowest BCUT2D eigenvalue weighted by Gasteiger charge is -2.35. The molecule has 0 N–H and O–H groups in total. The van der Waals surface area contributed by atoms with Crippen LogP contribution in [0, 0.1) is 0 Å². The first-order valence-corrected chi connectivity index (χ1v) is 8.70. The SMILES string of the molecule is CC(C)c1nnc([C@H]2COCCN2C(=O)[C@@H](C)c2cccs2)o1. The quantitative estimate of drug-likeness (QED) is 0.859. The summed E-state index contributed by atoms with van der Waals surface area (Å²) in [4.78, 5) is 15.8. The second-order valence-electron chi connectivity index (χ2n) is 5.99. The molecule has 7 heteroatoms. The van der Waals surface area contributed by atoms with Crippen LogP contribution in [0.5, 0.6) is 0 Å². The van der Waals surface area contributed by atoms with Crippen LogP contribution in [0.25, 0.3) is 0 Å². The van der Waals surface area contributed by atoms with E-state index in [1.54, 1.807) is 11.3 Å². The molecule has 0 bridgehead atoms. The van der Waals surface area contributed by atoms with Crippen molar-refractivity contribution in [3.8, 4) is 0 Å². The largest absolute Gasteiger partial charge is 0.423 e.